The van der Waals surface area contributed by atoms with E-state index >= 15 is 0 Å². The number of hydrogen-bond donors (Lipinski definition) is 1. The first kappa shape index (κ1) is 14.4. The number of hydrogen-bond acceptors (Lipinski definition) is 3. The van der Waals surface area contributed by atoms with Crippen molar-refractivity contribution in [2.45, 2.75) is 50.8 Å². The van der Waals surface area contributed by atoms with Gasteiger partial charge in [-0.1, -0.05) is 30.3 Å². The molecule has 1 N–H and O–H groups in total. The Morgan fingerprint density at radius 1 is 1.38 bits per heavy atom. The normalized spacial score (nSPS) is 25.7. The highest BCUT2D eigenvalue weighted by molar-refractivity contribution is 5.68. The molecule has 1 aliphatic carbocycles. The highest BCUT2D eigenvalue weighted by Crippen LogP contribution is 2.28. The monoisotopic (exact) mass is 288 g/mol. The van der Waals surface area contributed by atoms with Crippen molar-refractivity contribution < 1.29 is 9.53 Å². The van der Waals surface area contributed by atoms with Crippen molar-refractivity contribution in [1.29, 1.82) is 0 Å². The van der Waals surface area contributed by atoms with Crippen LogP contribution in [-0.4, -0.2) is 35.7 Å². The summed E-state index contributed by atoms with van der Waals surface area (Å²) in [5, 5.41) is 3.68. The SMILES string of the molecule is CC1(NC2CC2)CCCN(C(=O)OCc2ccccc2)C1. The Morgan fingerprint density at radius 3 is 2.86 bits per heavy atom. The van der Waals surface area contributed by atoms with Crippen LogP contribution >= 0.6 is 0 Å². The maximum atomic E-state index is 12.2. The van der Waals surface area contributed by atoms with Gasteiger partial charge >= 0.3 is 6.09 Å². The van der Waals surface area contributed by atoms with Crippen LogP contribution in [-0.2, 0) is 11.3 Å². The number of rotatable bonds is 4. The predicted octanol–water partition coefficient (Wildman–Crippen LogP) is 2.93. The molecular formula is C17H24N2O2. The van der Waals surface area contributed by atoms with E-state index in [-0.39, 0.29) is 11.6 Å². The van der Waals surface area contributed by atoms with Crippen LogP contribution in [0.1, 0.15) is 38.2 Å². The molecule has 4 heteroatoms. The number of likely N-dealkylation sites (tertiary alicyclic amines) is 1. The van der Waals surface area contributed by atoms with Gasteiger partial charge in [-0.15, -0.1) is 0 Å². The molecule has 1 saturated heterocycles. The molecule has 0 bridgehead atoms. The Labute approximate surface area is 126 Å². The van der Waals surface area contributed by atoms with Gasteiger partial charge in [0, 0.05) is 24.7 Å². The average molecular weight is 288 g/mol. The molecule has 1 heterocycles. The Hall–Kier alpha value is -1.55. The number of carbonyl (C=O) groups excluding carboxylic acids is 1. The smallest absolute Gasteiger partial charge is 0.410 e. The van der Waals surface area contributed by atoms with E-state index in [4.69, 9.17) is 4.74 Å². The summed E-state index contributed by atoms with van der Waals surface area (Å²) in [6.07, 6.45) is 4.52. The van der Waals surface area contributed by atoms with Crippen molar-refractivity contribution >= 4 is 6.09 Å². The zero-order chi connectivity index (χ0) is 14.7. The maximum absolute atomic E-state index is 12.2. The second kappa shape index (κ2) is 6.06. The zero-order valence-corrected chi connectivity index (χ0v) is 12.7. The van der Waals surface area contributed by atoms with E-state index in [9.17, 15) is 4.79 Å². The second-order valence-corrected chi connectivity index (χ2v) is 6.54. The zero-order valence-electron chi connectivity index (χ0n) is 12.7. The molecule has 21 heavy (non-hydrogen) atoms. The lowest BCUT2D eigenvalue weighted by Gasteiger charge is -2.40. The molecule has 1 amide bonds. The van der Waals surface area contributed by atoms with Crippen LogP contribution in [0, 0.1) is 0 Å². The van der Waals surface area contributed by atoms with Gasteiger partial charge in [-0.3, -0.25) is 0 Å². The number of benzene rings is 1. The minimum atomic E-state index is -0.192. The molecule has 0 radical (unpaired) electrons. The number of nitrogens with zero attached hydrogens (tertiary/aromatic N) is 1. The lowest BCUT2D eigenvalue weighted by atomic mass is 9.91. The largest absolute Gasteiger partial charge is 0.445 e. The molecule has 1 aliphatic heterocycles. The molecule has 0 aromatic heterocycles. The summed E-state index contributed by atoms with van der Waals surface area (Å²) >= 11 is 0. The molecule has 1 unspecified atom stereocenters. The molecule has 0 spiro atoms. The molecular weight excluding hydrogens is 264 g/mol. The van der Waals surface area contributed by atoms with Crippen LogP contribution in [0.3, 0.4) is 0 Å². The van der Waals surface area contributed by atoms with E-state index in [1.807, 2.05) is 35.2 Å². The summed E-state index contributed by atoms with van der Waals surface area (Å²) in [6, 6.07) is 10.5. The van der Waals surface area contributed by atoms with Crippen molar-refractivity contribution in [1.82, 2.24) is 10.2 Å². The first-order chi connectivity index (χ1) is 10.1. The van der Waals surface area contributed by atoms with Crippen molar-refractivity contribution in [3.8, 4) is 0 Å². The Balaban J connectivity index is 1.51. The van der Waals surface area contributed by atoms with Crippen molar-refractivity contribution in [2.24, 2.45) is 0 Å². The molecule has 1 saturated carbocycles. The van der Waals surface area contributed by atoms with E-state index in [0.29, 0.717) is 12.6 Å². The van der Waals surface area contributed by atoms with E-state index in [1.54, 1.807) is 0 Å². The standard InChI is InChI=1S/C17H24N2O2/c1-17(18-15-8-9-15)10-5-11-19(13-17)16(20)21-12-14-6-3-2-4-7-14/h2-4,6-7,15,18H,5,8-13H2,1H3. The van der Waals surface area contributed by atoms with Crippen LogP contribution in [0.15, 0.2) is 30.3 Å². The van der Waals surface area contributed by atoms with Crippen LogP contribution in [0.4, 0.5) is 4.79 Å². The molecule has 3 rings (SSSR count). The molecule has 1 aromatic rings. The van der Waals surface area contributed by atoms with Crippen LogP contribution < -0.4 is 5.32 Å². The van der Waals surface area contributed by atoms with Crippen molar-refractivity contribution in [2.75, 3.05) is 13.1 Å². The highest BCUT2D eigenvalue weighted by atomic mass is 16.6. The topological polar surface area (TPSA) is 41.6 Å². The van der Waals surface area contributed by atoms with Gasteiger partial charge in [0.2, 0.25) is 0 Å². The average Bonchev–Trinajstić information content (AvgIpc) is 3.29. The number of ether oxygens (including phenoxy) is 1. The summed E-state index contributed by atoms with van der Waals surface area (Å²) in [6.45, 7) is 4.12. The molecule has 114 valence electrons. The van der Waals surface area contributed by atoms with E-state index in [2.05, 4.69) is 12.2 Å². The van der Waals surface area contributed by atoms with E-state index in [0.717, 1.165) is 31.5 Å². The second-order valence-electron chi connectivity index (χ2n) is 6.54. The molecule has 4 nitrogen and oxygen atoms in total. The van der Waals surface area contributed by atoms with Gasteiger partial charge in [-0.25, -0.2) is 4.79 Å². The highest BCUT2D eigenvalue weighted by Gasteiger charge is 2.37. The fourth-order valence-corrected chi connectivity index (χ4v) is 3.04. The van der Waals surface area contributed by atoms with Crippen molar-refractivity contribution in [3.63, 3.8) is 0 Å². The van der Waals surface area contributed by atoms with Gasteiger partial charge in [-0.05, 0) is 38.2 Å². The van der Waals surface area contributed by atoms with Gasteiger partial charge in [0.25, 0.3) is 0 Å². The number of amides is 1. The van der Waals surface area contributed by atoms with Crippen LogP contribution in [0.2, 0.25) is 0 Å². The summed E-state index contributed by atoms with van der Waals surface area (Å²) in [7, 11) is 0. The first-order valence-corrected chi connectivity index (χ1v) is 7.88. The van der Waals surface area contributed by atoms with Gasteiger partial charge in [-0.2, -0.15) is 0 Å². The fraction of sp³-hybridized carbons (Fsp3) is 0.588. The molecule has 2 fully saturated rings. The Kier molecular flexibility index (Phi) is 4.15. The Bertz CT molecular complexity index is 487. The van der Waals surface area contributed by atoms with E-state index < -0.39 is 0 Å². The third-order valence-electron chi connectivity index (χ3n) is 4.29. The number of nitrogens with one attached hydrogen (secondary N) is 1. The van der Waals surface area contributed by atoms with Gasteiger partial charge in [0.15, 0.2) is 0 Å². The maximum Gasteiger partial charge on any atom is 0.410 e. The first-order valence-electron chi connectivity index (χ1n) is 7.88. The van der Waals surface area contributed by atoms with Crippen molar-refractivity contribution in [3.05, 3.63) is 35.9 Å². The fourth-order valence-electron chi connectivity index (χ4n) is 3.04. The van der Waals surface area contributed by atoms with Crippen LogP contribution in [0.5, 0.6) is 0 Å². The lowest BCUT2D eigenvalue weighted by Crippen LogP contribution is -2.57. The predicted molar refractivity (Wildman–Crippen MR) is 82.0 cm³/mol. The Morgan fingerprint density at radius 2 is 2.14 bits per heavy atom. The van der Waals surface area contributed by atoms with Crippen LogP contribution in [0.25, 0.3) is 0 Å². The molecule has 1 atom stereocenters. The quantitative estimate of drug-likeness (QED) is 0.926. The summed E-state index contributed by atoms with van der Waals surface area (Å²) in [4.78, 5) is 14.1. The van der Waals surface area contributed by atoms with Gasteiger partial charge in [0.1, 0.15) is 6.61 Å². The number of piperidine rings is 1. The summed E-state index contributed by atoms with van der Waals surface area (Å²) in [5.74, 6) is 0. The minimum absolute atomic E-state index is 0.0468. The summed E-state index contributed by atoms with van der Waals surface area (Å²) < 4.78 is 5.44. The molecule has 1 aromatic carbocycles. The number of carbonyl (C=O) groups is 1. The minimum Gasteiger partial charge on any atom is -0.445 e. The third-order valence-corrected chi connectivity index (χ3v) is 4.29. The third kappa shape index (κ3) is 3.97. The van der Waals surface area contributed by atoms with Gasteiger partial charge in [0.05, 0.1) is 0 Å². The molecule has 2 aliphatic rings. The van der Waals surface area contributed by atoms with Gasteiger partial charge < -0.3 is 15.0 Å². The van der Waals surface area contributed by atoms with E-state index in [1.165, 1.54) is 12.8 Å². The lowest BCUT2D eigenvalue weighted by molar-refractivity contribution is 0.0686. The summed E-state index contributed by atoms with van der Waals surface area (Å²) in [5.41, 5.74) is 1.08.